The summed E-state index contributed by atoms with van der Waals surface area (Å²) < 4.78 is 36.4. The van der Waals surface area contributed by atoms with E-state index in [1.54, 1.807) is 4.31 Å². The van der Waals surface area contributed by atoms with Gasteiger partial charge in [0.15, 0.2) is 5.82 Å². The van der Waals surface area contributed by atoms with Gasteiger partial charge in [0.25, 0.3) is 5.89 Å². The van der Waals surface area contributed by atoms with E-state index in [0.717, 1.165) is 43.9 Å². The predicted octanol–water partition coefficient (Wildman–Crippen LogP) is 2.38. The third-order valence-electron chi connectivity index (χ3n) is 6.02. The molecule has 2 aromatic heterocycles. The van der Waals surface area contributed by atoms with E-state index < -0.39 is 10.0 Å². The van der Waals surface area contributed by atoms with E-state index in [1.807, 2.05) is 25.3 Å². The van der Waals surface area contributed by atoms with Crippen LogP contribution in [0.25, 0.3) is 11.5 Å². The Labute approximate surface area is 166 Å². The minimum Gasteiger partial charge on any atom is -0.347 e. The Hall–Kier alpha value is -1.71. The van der Waals surface area contributed by atoms with E-state index in [4.69, 9.17) is 4.52 Å². The maximum absolute atomic E-state index is 13.6. The SMILES string of the molecule is CCN1CCN(S(=O)(=O)c2c(-c3nc(C4CC4)no3)c(C)n(CC)c2C)CC1. The molecule has 8 nitrogen and oxygen atoms in total. The van der Waals surface area contributed by atoms with Crippen LogP contribution in [0.4, 0.5) is 0 Å². The van der Waals surface area contributed by atoms with Gasteiger partial charge in [-0.1, -0.05) is 12.1 Å². The van der Waals surface area contributed by atoms with Crippen LogP contribution in [-0.4, -0.2) is 65.1 Å². The van der Waals surface area contributed by atoms with Gasteiger partial charge in [0, 0.05) is 50.0 Å². The van der Waals surface area contributed by atoms with Crippen molar-refractivity contribution in [2.75, 3.05) is 32.7 Å². The summed E-state index contributed by atoms with van der Waals surface area (Å²) in [6.45, 7) is 12.1. The average molecular weight is 408 g/mol. The second kappa shape index (κ2) is 7.27. The lowest BCUT2D eigenvalue weighted by atomic mass is 10.2. The lowest BCUT2D eigenvalue weighted by Crippen LogP contribution is -2.48. The van der Waals surface area contributed by atoms with Gasteiger partial charge in [0.2, 0.25) is 10.0 Å². The van der Waals surface area contributed by atoms with Crippen LogP contribution in [-0.2, 0) is 16.6 Å². The first-order chi connectivity index (χ1) is 13.4. The molecule has 1 saturated heterocycles. The summed E-state index contributed by atoms with van der Waals surface area (Å²) >= 11 is 0. The van der Waals surface area contributed by atoms with Crippen molar-refractivity contribution in [3.63, 3.8) is 0 Å². The van der Waals surface area contributed by atoms with E-state index in [2.05, 4.69) is 22.0 Å². The zero-order valence-electron chi connectivity index (χ0n) is 17.1. The summed E-state index contributed by atoms with van der Waals surface area (Å²) in [5.74, 6) is 1.37. The van der Waals surface area contributed by atoms with Gasteiger partial charge in [-0.2, -0.15) is 9.29 Å². The van der Waals surface area contributed by atoms with Crippen molar-refractivity contribution in [3.8, 4) is 11.5 Å². The molecule has 2 aliphatic rings. The van der Waals surface area contributed by atoms with Crippen LogP contribution in [0.15, 0.2) is 9.42 Å². The lowest BCUT2D eigenvalue weighted by Gasteiger charge is -2.33. The molecule has 1 aliphatic carbocycles. The fourth-order valence-electron chi connectivity index (χ4n) is 4.16. The highest BCUT2D eigenvalue weighted by atomic mass is 32.2. The number of hydrogen-bond donors (Lipinski definition) is 0. The Kier molecular flexibility index (Phi) is 5.09. The first-order valence-electron chi connectivity index (χ1n) is 10.1. The molecular formula is C19H29N5O3S. The first kappa shape index (κ1) is 19.6. The van der Waals surface area contributed by atoms with Gasteiger partial charge >= 0.3 is 0 Å². The monoisotopic (exact) mass is 407 g/mol. The second-order valence-corrected chi connectivity index (χ2v) is 9.56. The number of likely N-dealkylation sites (N-methyl/N-ethyl adjacent to an activating group) is 1. The van der Waals surface area contributed by atoms with Crippen LogP contribution < -0.4 is 0 Å². The molecule has 0 spiro atoms. The summed E-state index contributed by atoms with van der Waals surface area (Å²) in [7, 11) is -3.65. The molecule has 0 bridgehead atoms. The quantitative estimate of drug-likeness (QED) is 0.731. The highest BCUT2D eigenvalue weighted by molar-refractivity contribution is 7.89. The van der Waals surface area contributed by atoms with Crippen LogP contribution in [0.1, 0.15) is 49.8 Å². The molecule has 0 N–H and O–H groups in total. The maximum Gasteiger partial charge on any atom is 0.261 e. The van der Waals surface area contributed by atoms with Crippen LogP contribution >= 0.6 is 0 Å². The molecule has 2 fully saturated rings. The standard InChI is InChI=1S/C19H29N5O3S/c1-5-22-9-11-23(12-10-22)28(25,26)17-14(4)24(6-2)13(3)16(17)19-20-18(21-27-19)15-7-8-15/h15H,5-12H2,1-4H3. The van der Waals surface area contributed by atoms with Crippen LogP contribution in [0.3, 0.4) is 0 Å². The Morgan fingerprint density at radius 3 is 2.29 bits per heavy atom. The van der Waals surface area contributed by atoms with Gasteiger partial charge in [0.05, 0.1) is 5.56 Å². The second-order valence-electron chi connectivity index (χ2n) is 7.69. The van der Waals surface area contributed by atoms with Crippen molar-refractivity contribution in [2.45, 2.75) is 57.9 Å². The van der Waals surface area contributed by atoms with Crippen LogP contribution in [0.5, 0.6) is 0 Å². The number of piperazine rings is 1. The van der Waals surface area contributed by atoms with Crippen molar-refractivity contribution < 1.29 is 12.9 Å². The molecule has 0 atom stereocenters. The third-order valence-corrected chi connectivity index (χ3v) is 8.08. The lowest BCUT2D eigenvalue weighted by molar-refractivity contribution is 0.196. The summed E-state index contributed by atoms with van der Waals surface area (Å²) in [6, 6.07) is 0. The van der Waals surface area contributed by atoms with Gasteiger partial charge in [0.1, 0.15) is 4.90 Å². The molecule has 4 rings (SSSR count). The number of rotatable bonds is 6. The molecule has 0 aromatic carbocycles. The summed E-state index contributed by atoms with van der Waals surface area (Å²) in [6.07, 6.45) is 2.14. The van der Waals surface area contributed by atoms with Gasteiger partial charge < -0.3 is 14.0 Å². The molecule has 0 radical (unpaired) electrons. The third kappa shape index (κ3) is 3.19. The molecule has 154 valence electrons. The van der Waals surface area contributed by atoms with Crippen LogP contribution in [0, 0.1) is 13.8 Å². The zero-order chi connectivity index (χ0) is 20.1. The van der Waals surface area contributed by atoms with Crippen molar-refractivity contribution in [1.29, 1.82) is 0 Å². The number of sulfonamides is 1. The largest absolute Gasteiger partial charge is 0.347 e. The average Bonchev–Trinajstić information content (AvgIpc) is 3.36. The minimum absolute atomic E-state index is 0.320. The fourth-order valence-corrected chi connectivity index (χ4v) is 6.03. The normalized spacial score (nSPS) is 19.4. The van der Waals surface area contributed by atoms with Gasteiger partial charge in [-0.15, -0.1) is 0 Å². The van der Waals surface area contributed by atoms with Gasteiger partial charge in [-0.05, 0) is 40.2 Å². The van der Waals surface area contributed by atoms with Crippen molar-refractivity contribution >= 4 is 10.0 Å². The first-order valence-corrected chi connectivity index (χ1v) is 11.6. The Bertz CT molecular complexity index is 966. The van der Waals surface area contributed by atoms with Crippen molar-refractivity contribution in [1.82, 2.24) is 23.9 Å². The molecule has 9 heteroatoms. The minimum atomic E-state index is -3.65. The molecule has 28 heavy (non-hydrogen) atoms. The van der Waals surface area contributed by atoms with E-state index in [9.17, 15) is 8.42 Å². The van der Waals surface area contributed by atoms with Crippen molar-refractivity contribution in [2.24, 2.45) is 0 Å². The summed E-state index contributed by atoms with van der Waals surface area (Å²) in [4.78, 5) is 7.14. The van der Waals surface area contributed by atoms with E-state index >= 15 is 0 Å². The van der Waals surface area contributed by atoms with E-state index in [0.29, 0.717) is 47.7 Å². The Morgan fingerprint density at radius 1 is 1.04 bits per heavy atom. The maximum atomic E-state index is 13.6. The highest BCUT2D eigenvalue weighted by Crippen LogP contribution is 2.41. The Balaban J connectivity index is 1.79. The number of nitrogens with zero attached hydrogens (tertiary/aromatic N) is 5. The Morgan fingerprint density at radius 2 is 1.71 bits per heavy atom. The molecular weight excluding hydrogens is 378 g/mol. The van der Waals surface area contributed by atoms with Crippen molar-refractivity contribution in [3.05, 3.63) is 17.2 Å². The fraction of sp³-hybridized carbons (Fsp3) is 0.684. The molecule has 1 saturated carbocycles. The number of aromatic nitrogens is 3. The smallest absolute Gasteiger partial charge is 0.261 e. The molecule has 2 aromatic rings. The highest BCUT2D eigenvalue weighted by Gasteiger charge is 2.37. The van der Waals surface area contributed by atoms with E-state index in [-0.39, 0.29) is 0 Å². The van der Waals surface area contributed by atoms with Gasteiger partial charge in [-0.25, -0.2) is 8.42 Å². The zero-order valence-corrected chi connectivity index (χ0v) is 17.9. The van der Waals surface area contributed by atoms with Gasteiger partial charge in [-0.3, -0.25) is 0 Å². The number of hydrogen-bond acceptors (Lipinski definition) is 6. The summed E-state index contributed by atoms with van der Waals surface area (Å²) in [5, 5.41) is 4.11. The predicted molar refractivity (Wildman–Crippen MR) is 106 cm³/mol. The van der Waals surface area contributed by atoms with E-state index in [1.165, 1.54) is 0 Å². The van der Waals surface area contributed by atoms with Crippen LogP contribution in [0.2, 0.25) is 0 Å². The topological polar surface area (TPSA) is 84.5 Å². The molecule has 3 heterocycles. The summed E-state index contributed by atoms with van der Waals surface area (Å²) in [5.41, 5.74) is 2.16. The molecule has 1 aliphatic heterocycles. The molecule has 0 amide bonds. The molecule has 0 unspecified atom stereocenters.